The Morgan fingerprint density at radius 1 is 1.40 bits per heavy atom. The molecular formula is C13H18ClN. The summed E-state index contributed by atoms with van der Waals surface area (Å²) in [5, 5.41) is 4.28. The average molecular weight is 224 g/mol. The van der Waals surface area contributed by atoms with Crippen molar-refractivity contribution in [3.05, 3.63) is 33.8 Å². The minimum atomic E-state index is 0.793. The topological polar surface area (TPSA) is 12.0 Å². The van der Waals surface area contributed by atoms with Crippen molar-refractivity contribution in [3.63, 3.8) is 0 Å². The van der Waals surface area contributed by atoms with Crippen molar-refractivity contribution < 1.29 is 0 Å². The third kappa shape index (κ3) is 2.53. The van der Waals surface area contributed by atoms with Crippen LogP contribution in [0.1, 0.15) is 23.1 Å². The van der Waals surface area contributed by atoms with E-state index in [-0.39, 0.29) is 0 Å². The lowest BCUT2D eigenvalue weighted by Crippen LogP contribution is -2.11. The van der Waals surface area contributed by atoms with Crippen molar-refractivity contribution in [3.8, 4) is 0 Å². The maximum absolute atomic E-state index is 6.09. The van der Waals surface area contributed by atoms with Crippen molar-refractivity contribution >= 4 is 11.6 Å². The summed E-state index contributed by atoms with van der Waals surface area (Å²) in [6, 6.07) is 4.18. The minimum Gasteiger partial charge on any atom is -0.316 e. The molecule has 2 heteroatoms. The van der Waals surface area contributed by atoms with Gasteiger partial charge in [-0.15, -0.1) is 0 Å². The SMILES string of the molecule is Cc1cc(Cl)cc(CC2CCNC2)c1C. The summed E-state index contributed by atoms with van der Waals surface area (Å²) >= 11 is 6.09. The summed E-state index contributed by atoms with van der Waals surface area (Å²) in [5.41, 5.74) is 4.14. The summed E-state index contributed by atoms with van der Waals surface area (Å²) in [5.74, 6) is 0.793. The van der Waals surface area contributed by atoms with Crippen molar-refractivity contribution in [2.75, 3.05) is 13.1 Å². The normalized spacial score (nSPS) is 20.9. The molecule has 1 unspecified atom stereocenters. The van der Waals surface area contributed by atoms with Gasteiger partial charge in [0, 0.05) is 5.02 Å². The van der Waals surface area contributed by atoms with Gasteiger partial charge in [0.2, 0.25) is 0 Å². The van der Waals surface area contributed by atoms with Gasteiger partial charge in [-0.2, -0.15) is 0 Å². The fraction of sp³-hybridized carbons (Fsp3) is 0.538. The first-order valence-corrected chi connectivity index (χ1v) is 6.01. The van der Waals surface area contributed by atoms with E-state index in [1.54, 1.807) is 0 Å². The third-order valence-electron chi connectivity index (χ3n) is 3.41. The molecule has 82 valence electrons. The molecule has 15 heavy (non-hydrogen) atoms. The van der Waals surface area contributed by atoms with E-state index in [9.17, 15) is 0 Å². The molecule has 1 atom stereocenters. The molecule has 0 aromatic heterocycles. The van der Waals surface area contributed by atoms with Crippen molar-refractivity contribution in [1.29, 1.82) is 0 Å². The summed E-state index contributed by atoms with van der Waals surface area (Å²) in [7, 11) is 0. The summed E-state index contributed by atoms with van der Waals surface area (Å²) < 4.78 is 0. The average Bonchev–Trinajstić information content (AvgIpc) is 2.66. The lowest BCUT2D eigenvalue weighted by molar-refractivity contribution is 0.578. The highest BCUT2D eigenvalue weighted by Gasteiger charge is 2.16. The first-order chi connectivity index (χ1) is 7.16. The zero-order valence-corrected chi connectivity index (χ0v) is 10.2. The molecule has 0 aliphatic carbocycles. The number of hydrogen-bond acceptors (Lipinski definition) is 1. The van der Waals surface area contributed by atoms with Crippen LogP contribution in [0.4, 0.5) is 0 Å². The van der Waals surface area contributed by atoms with E-state index in [4.69, 9.17) is 11.6 Å². The summed E-state index contributed by atoms with van der Waals surface area (Å²) in [6.45, 7) is 6.66. The van der Waals surface area contributed by atoms with Gasteiger partial charge < -0.3 is 5.32 Å². The van der Waals surface area contributed by atoms with Crippen LogP contribution in [-0.2, 0) is 6.42 Å². The van der Waals surface area contributed by atoms with E-state index in [1.165, 1.54) is 36.1 Å². The van der Waals surface area contributed by atoms with Crippen LogP contribution >= 0.6 is 11.6 Å². The molecule has 1 N–H and O–H groups in total. The standard InChI is InChI=1S/C13H18ClN/c1-9-5-13(14)7-12(10(9)2)6-11-3-4-15-8-11/h5,7,11,15H,3-4,6,8H2,1-2H3. The minimum absolute atomic E-state index is 0.793. The zero-order chi connectivity index (χ0) is 10.8. The fourth-order valence-corrected chi connectivity index (χ4v) is 2.59. The van der Waals surface area contributed by atoms with Crippen molar-refractivity contribution in [1.82, 2.24) is 5.32 Å². The predicted molar refractivity (Wildman–Crippen MR) is 65.6 cm³/mol. The largest absolute Gasteiger partial charge is 0.316 e. The molecule has 1 aliphatic heterocycles. The molecule has 1 aromatic carbocycles. The van der Waals surface area contributed by atoms with Gasteiger partial charge in [-0.3, -0.25) is 0 Å². The fourth-order valence-electron chi connectivity index (χ4n) is 2.30. The monoisotopic (exact) mass is 223 g/mol. The highest BCUT2D eigenvalue weighted by Crippen LogP contribution is 2.24. The Kier molecular flexibility index (Phi) is 3.32. The van der Waals surface area contributed by atoms with Crippen molar-refractivity contribution in [2.45, 2.75) is 26.7 Å². The second-order valence-electron chi connectivity index (χ2n) is 4.57. The Morgan fingerprint density at radius 2 is 2.20 bits per heavy atom. The van der Waals surface area contributed by atoms with Crippen LogP contribution in [0.3, 0.4) is 0 Å². The molecule has 1 aliphatic rings. The Hall–Kier alpha value is -0.530. The van der Waals surface area contributed by atoms with Crippen molar-refractivity contribution in [2.24, 2.45) is 5.92 Å². The number of halogens is 1. The van der Waals surface area contributed by atoms with Crippen LogP contribution in [0.25, 0.3) is 0 Å². The van der Waals surface area contributed by atoms with Gasteiger partial charge in [0.05, 0.1) is 0 Å². The maximum atomic E-state index is 6.09. The molecule has 0 amide bonds. The van der Waals surface area contributed by atoms with Crippen LogP contribution < -0.4 is 5.32 Å². The van der Waals surface area contributed by atoms with Gasteiger partial charge in [-0.25, -0.2) is 0 Å². The van der Waals surface area contributed by atoms with Crippen LogP contribution in [0, 0.1) is 19.8 Å². The molecule has 1 heterocycles. The molecule has 0 saturated carbocycles. The first-order valence-electron chi connectivity index (χ1n) is 5.63. The van der Waals surface area contributed by atoms with Gasteiger partial charge in [-0.1, -0.05) is 11.6 Å². The highest BCUT2D eigenvalue weighted by atomic mass is 35.5. The lowest BCUT2D eigenvalue weighted by Gasteiger charge is -2.13. The van der Waals surface area contributed by atoms with Gasteiger partial charge in [0.25, 0.3) is 0 Å². The second-order valence-corrected chi connectivity index (χ2v) is 5.01. The molecule has 1 fully saturated rings. The first kappa shape index (κ1) is 11.0. The van der Waals surface area contributed by atoms with Gasteiger partial charge >= 0.3 is 0 Å². The number of rotatable bonds is 2. The highest BCUT2D eigenvalue weighted by molar-refractivity contribution is 6.30. The molecule has 0 spiro atoms. The molecule has 2 rings (SSSR count). The molecular weight excluding hydrogens is 206 g/mol. The molecule has 0 bridgehead atoms. The Morgan fingerprint density at radius 3 is 2.87 bits per heavy atom. The number of nitrogens with one attached hydrogen (secondary N) is 1. The summed E-state index contributed by atoms with van der Waals surface area (Å²) in [6.07, 6.45) is 2.46. The summed E-state index contributed by atoms with van der Waals surface area (Å²) in [4.78, 5) is 0. The zero-order valence-electron chi connectivity index (χ0n) is 9.44. The lowest BCUT2D eigenvalue weighted by atomic mass is 9.93. The van der Waals surface area contributed by atoms with Crippen LogP contribution in [0.2, 0.25) is 5.02 Å². The van der Waals surface area contributed by atoms with E-state index >= 15 is 0 Å². The maximum Gasteiger partial charge on any atom is 0.0411 e. The van der Waals surface area contributed by atoms with E-state index in [0.29, 0.717) is 0 Å². The molecule has 1 saturated heterocycles. The Bertz CT molecular complexity index is 354. The quantitative estimate of drug-likeness (QED) is 0.813. The number of benzene rings is 1. The smallest absolute Gasteiger partial charge is 0.0411 e. The van der Waals surface area contributed by atoms with E-state index < -0.39 is 0 Å². The Balaban J connectivity index is 2.19. The molecule has 0 radical (unpaired) electrons. The Labute approximate surface area is 96.8 Å². The van der Waals surface area contributed by atoms with Gasteiger partial charge in [0.1, 0.15) is 0 Å². The van der Waals surface area contributed by atoms with Crippen LogP contribution in [-0.4, -0.2) is 13.1 Å². The van der Waals surface area contributed by atoms with E-state index in [2.05, 4.69) is 25.2 Å². The predicted octanol–water partition coefficient (Wildman–Crippen LogP) is 3.11. The van der Waals surface area contributed by atoms with Crippen LogP contribution in [0.5, 0.6) is 0 Å². The molecule has 1 aromatic rings. The van der Waals surface area contributed by atoms with Crippen LogP contribution in [0.15, 0.2) is 12.1 Å². The van der Waals surface area contributed by atoms with E-state index in [1.807, 2.05) is 6.07 Å². The second kappa shape index (κ2) is 4.54. The van der Waals surface area contributed by atoms with Gasteiger partial charge in [-0.05, 0) is 74.5 Å². The third-order valence-corrected chi connectivity index (χ3v) is 3.63. The number of hydrogen-bond donors (Lipinski definition) is 1. The number of aryl methyl sites for hydroxylation is 1. The van der Waals surface area contributed by atoms with E-state index in [0.717, 1.165) is 17.5 Å². The van der Waals surface area contributed by atoms with Gasteiger partial charge in [0.15, 0.2) is 0 Å². The molecule has 1 nitrogen and oxygen atoms in total.